The molecule has 0 spiro atoms. The number of methoxy groups -OCH3 is 1. The van der Waals surface area contributed by atoms with Crippen LogP contribution >= 0.6 is 11.6 Å². The second-order valence-electron chi connectivity index (χ2n) is 7.06. The summed E-state index contributed by atoms with van der Waals surface area (Å²) in [6.45, 7) is 2.68. The maximum absolute atomic E-state index is 10.4. The lowest BCUT2D eigenvalue weighted by Gasteiger charge is -2.12. The van der Waals surface area contributed by atoms with Crippen molar-refractivity contribution >= 4 is 35.5 Å². The van der Waals surface area contributed by atoms with Gasteiger partial charge in [-0.25, -0.2) is 4.58 Å². The van der Waals surface area contributed by atoms with Crippen molar-refractivity contribution in [2.24, 2.45) is 12.8 Å². The molecule has 1 aromatic heterocycles. The van der Waals surface area contributed by atoms with E-state index in [0.29, 0.717) is 22.9 Å². The molecular formula is C23H27ClN3O2+. The predicted molar refractivity (Wildman–Crippen MR) is 121 cm³/mol. The maximum atomic E-state index is 10.4. The van der Waals surface area contributed by atoms with Gasteiger partial charge in [-0.2, -0.15) is 0 Å². The van der Waals surface area contributed by atoms with Crippen molar-refractivity contribution in [3.05, 3.63) is 63.6 Å². The summed E-state index contributed by atoms with van der Waals surface area (Å²) in [4.78, 5) is 0. The zero-order chi connectivity index (χ0) is 21.1. The summed E-state index contributed by atoms with van der Waals surface area (Å²) in [5.41, 5.74) is 12.2. The minimum absolute atomic E-state index is 0.0681. The Morgan fingerprint density at radius 1 is 1.31 bits per heavy atom. The number of rotatable bonds is 6. The first-order valence-corrected chi connectivity index (χ1v) is 9.84. The Kier molecular flexibility index (Phi) is 6.30. The van der Waals surface area contributed by atoms with E-state index in [4.69, 9.17) is 22.1 Å². The first kappa shape index (κ1) is 21.0. The van der Waals surface area contributed by atoms with Crippen molar-refractivity contribution in [1.82, 2.24) is 4.57 Å². The Balaban J connectivity index is 2.05. The fraction of sp³-hybridized carbons (Fsp3) is 0.261. The maximum Gasteiger partial charge on any atom is 0.210 e. The minimum Gasteiger partial charge on any atom is -0.504 e. The van der Waals surface area contributed by atoms with Crippen molar-refractivity contribution in [3.8, 4) is 11.5 Å². The third-order valence-electron chi connectivity index (χ3n) is 5.12. The number of nitrogens with two attached hydrogens (primary N) is 1. The highest BCUT2D eigenvalue weighted by molar-refractivity contribution is 6.31. The number of benzene rings is 1. The summed E-state index contributed by atoms with van der Waals surface area (Å²) in [7, 11) is 5.59. The average Bonchev–Trinajstić information content (AvgIpc) is 3.23. The molecule has 3 rings (SSSR count). The number of aromatic hydroxyl groups is 1. The van der Waals surface area contributed by atoms with Gasteiger partial charge in [-0.15, -0.1) is 0 Å². The van der Waals surface area contributed by atoms with Gasteiger partial charge in [0.2, 0.25) is 5.70 Å². The lowest BCUT2D eigenvalue weighted by atomic mass is 10.0. The molecule has 6 heteroatoms. The molecule has 5 nitrogen and oxygen atoms in total. The molecule has 0 saturated heterocycles. The molecule has 0 radical (unpaired) electrons. The number of hydrogen-bond donors (Lipinski definition) is 2. The summed E-state index contributed by atoms with van der Waals surface area (Å²) in [6.07, 6.45) is 10.8. The summed E-state index contributed by atoms with van der Waals surface area (Å²) < 4.78 is 9.46. The molecule has 0 bridgehead atoms. The Labute approximate surface area is 176 Å². The number of halogens is 1. The van der Waals surface area contributed by atoms with Gasteiger partial charge in [0.05, 0.1) is 12.8 Å². The second kappa shape index (κ2) is 8.72. The average molecular weight is 413 g/mol. The molecule has 1 aliphatic heterocycles. The van der Waals surface area contributed by atoms with E-state index in [-0.39, 0.29) is 5.75 Å². The summed E-state index contributed by atoms with van der Waals surface area (Å²) in [5.74, 6) is 0.418. The molecule has 2 aromatic rings. The fourth-order valence-corrected chi connectivity index (χ4v) is 3.94. The Morgan fingerprint density at radius 3 is 2.69 bits per heavy atom. The number of nitrogens with zero attached hydrogens (tertiary/aromatic N) is 2. The van der Waals surface area contributed by atoms with E-state index in [1.165, 1.54) is 18.2 Å². The van der Waals surface area contributed by atoms with Gasteiger partial charge in [-0.3, -0.25) is 0 Å². The molecule has 152 valence electrons. The van der Waals surface area contributed by atoms with E-state index >= 15 is 0 Å². The first-order valence-electron chi connectivity index (χ1n) is 9.46. The van der Waals surface area contributed by atoms with Crippen LogP contribution < -0.4 is 10.5 Å². The topological polar surface area (TPSA) is 63.4 Å². The third kappa shape index (κ3) is 4.16. The zero-order valence-electron chi connectivity index (χ0n) is 17.2. The number of ether oxygens (including phenoxy) is 1. The zero-order valence-corrected chi connectivity index (χ0v) is 18.0. The highest BCUT2D eigenvalue weighted by atomic mass is 35.5. The van der Waals surface area contributed by atoms with E-state index < -0.39 is 0 Å². The molecule has 29 heavy (non-hydrogen) atoms. The summed E-state index contributed by atoms with van der Waals surface area (Å²) >= 11 is 6.14. The standard InChI is InChI=1S/C23H26ClN3O2/c1-15-12-18(8-7-16-13-17(24)14-21(29-4)23(16)28)27(3)22(15)19(9-10-25)20-6-5-11-26(20)2/h5-8,11-14H,9-10,25H2,1-4H3/p+1. The second-order valence-corrected chi connectivity index (χ2v) is 7.50. The van der Waals surface area contributed by atoms with Crippen LogP contribution in [0.1, 0.15) is 28.9 Å². The molecular weight excluding hydrogens is 386 g/mol. The minimum atomic E-state index is 0.0681. The van der Waals surface area contributed by atoms with Crippen LogP contribution in [0.25, 0.3) is 17.7 Å². The number of hydrogen-bond acceptors (Lipinski definition) is 3. The van der Waals surface area contributed by atoms with E-state index in [9.17, 15) is 5.11 Å². The van der Waals surface area contributed by atoms with Crippen LogP contribution in [0.4, 0.5) is 0 Å². The Bertz CT molecular complexity index is 1060. The van der Waals surface area contributed by atoms with Gasteiger partial charge in [0.1, 0.15) is 7.05 Å². The van der Waals surface area contributed by atoms with E-state index in [1.54, 1.807) is 12.1 Å². The number of likely N-dealkylation sites (N-methyl/N-ethyl adjacent to an activating group) is 1. The normalized spacial score (nSPS) is 15.3. The lowest BCUT2D eigenvalue weighted by molar-refractivity contribution is -0.428. The SMILES string of the molecule is COc1cc(Cl)cc(C=Cc2cc(C)c(C(CCN)=C3C=CC=[N+]3C)n2C)c1O. The molecule has 0 atom stereocenters. The molecule has 2 heterocycles. The largest absolute Gasteiger partial charge is 0.504 e. The first-order chi connectivity index (χ1) is 13.9. The molecule has 0 saturated carbocycles. The summed E-state index contributed by atoms with van der Waals surface area (Å²) in [5, 5.41) is 10.9. The molecule has 1 aliphatic rings. The van der Waals surface area contributed by atoms with Gasteiger partial charge in [0.25, 0.3) is 0 Å². The van der Waals surface area contributed by atoms with Crippen molar-refractivity contribution in [2.75, 3.05) is 20.7 Å². The predicted octanol–water partition coefficient (Wildman–Crippen LogP) is 4.21. The van der Waals surface area contributed by atoms with Gasteiger partial charge in [-0.1, -0.05) is 11.6 Å². The highest BCUT2D eigenvalue weighted by Gasteiger charge is 2.22. The van der Waals surface area contributed by atoms with Gasteiger partial charge >= 0.3 is 0 Å². The van der Waals surface area contributed by atoms with Crippen LogP contribution in [-0.2, 0) is 7.05 Å². The van der Waals surface area contributed by atoms with Crippen LogP contribution in [0.2, 0.25) is 5.02 Å². The third-order valence-corrected chi connectivity index (χ3v) is 5.33. The van der Waals surface area contributed by atoms with Crippen LogP contribution in [0.15, 0.2) is 36.0 Å². The monoisotopic (exact) mass is 412 g/mol. The van der Waals surface area contributed by atoms with Gasteiger partial charge in [0, 0.05) is 47.1 Å². The van der Waals surface area contributed by atoms with Crippen molar-refractivity contribution < 1.29 is 14.4 Å². The van der Waals surface area contributed by atoms with E-state index in [0.717, 1.165) is 23.5 Å². The van der Waals surface area contributed by atoms with Gasteiger partial charge < -0.3 is 20.1 Å². The fourth-order valence-electron chi connectivity index (χ4n) is 3.72. The Hall–Kier alpha value is -2.76. The highest BCUT2D eigenvalue weighted by Crippen LogP contribution is 2.35. The molecule has 1 aromatic carbocycles. The molecule has 0 amide bonds. The molecule has 3 N–H and O–H groups in total. The van der Waals surface area contributed by atoms with Crippen LogP contribution in [0, 0.1) is 6.92 Å². The number of allylic oxidation sites excluding steroid dienone is 2. The van der Waals surface area contributed by atoms with Gasteiger partial charge in [0.15, 0.2) is 17.7 Å². The smallest absolute Gasteiger partial charge is 0.210 e. The van der Waals surface area contributed by atoms with Gasteiger partial charge in [-0.05, 0) is 49.7 Å². The number of phenols is 1. The number of phenolic OH excluding ortho intramolecular Hbond substituents is 1. The molecule has 0 fully saturated rings. The van der Waals surface area contributed by atoms with Crippen molar-refractivity contribution in [1.29, 1.82) is 0 Å². The lowest BCUT2D eigenvalue weighted by Crippen LogP contribution is -2.10. The van der Waals surface area contributed by atoms with Crippen molar-refractivity contribution in [2.45, 2.75) is 13.3 Å². The van der Waals surface area contributed by atoms with Crippen LogP contribution in [-0.4, -0.2) is 41.2 Å². The van der Waals surface area contributed by atoms with Crippen LogP contribution in [0.3, 0.4) is 0 Å². The molecule has 0 unspecified atom stereocenters. The molecule has 0 aliphatic carbocycles. The van der Waals surface area contributed by atoms with E-state index in [2.05, 4.69) is 28.2 Å². The summed E-state index contributed by atoms with van der Waals surface area (Å²) in [6, 6.07) is 5.43. The van der Waals surface area contributed by atoms with Crippen molar-refractivity contribution in [3.63, 3.8) is 0 Å². The number of aromatic nitrogens is 1. The number of aryl methyl sites for hydroxylation is 1. The van der Waals surface area contributed by atoms with Crippen LogP contribution in [0.5, 0.6) is 11.5 Å². The quantitative estimate of drug-likeness (QED) is 0.698. The van der Waals surface area contributed by atoms with E-state index in [1.807, 2.05) is 38.5 Å². The Morgan fingerprint density at radius 2 is 2.07 bits per heavy atom.